The number of phenolic OH excluding ortho intramolecular Hbond substituents is 1. The first kappa shape index (κ1) is 20.2. The first-order valence-corrected chi connectivity index (χ1v) is 6.65. The number of hydrogen-bond acceptors (Lipinski definition) is 8. The number of nitro benzene ring substituents is 3. The van der Waals surface area contributed by atoms with Gasteiger partial charge in [0, 0.05) is 0 Å². The van der Waals surface area contributed by atoms with E-state index in [0.29, 0.717) is 12.1 Å². The highest BCUT2D eigenvalue weighted by Crippen LogP contribution is 2.38. The standard InChI is InChI=1S/C6H3N3O7.C6H15N/c10-6-4(8(13)14)1-3(7(11)12)2-5(6)9(15)16;1-3-4-6(2)5-7/h1-2,10H;6H,3-5,7H2,1-2H3. The van der Waals surface area contributed by atoms with Crippen LogP contribution in [0.15, 0.2) is 12.1 Å². The van der Waals surface area contributed by atoms with Crippen LogP contribution in [0.1, 0.15) is 26.7 Å². The maximum absolute atomic E-state index is 10.4. The second kappa shape index (κ2) is 9.25. The summed E-state index contributed by atoms with van der Waals surface area (Å²) in [6, 6.07) is 0.894. The van der Waals surface area contributed by atoms with Gasteiger partial charge in [-0.25, -0.2) is 0 Å². The molecule has 0 saturated carbocycles. The van der Waals surface area contributed by atoms with Crippen LogP contribution in [-0.4, -0.2) is 26.4 Å². The maximum atomic E-state index is 10.4. The molecule has 11 nitrogen and oxygen atoms in total. The van der Waals surface area contributed by atoms with E-state index in [1.807, 2.05) is 0 Å². The maximum Gasteiger partial charge on any atom is 0.324 e. The lowest BCUT2D eigenvalue weighted by Crippen LogP contribution is -2.09. The second-order valence-electron chi connectivity index (χ2n) is 4.73. The highest BCUT2D eigenvalue weighted by Gasteiger charge is 2.30. The molecular weight excluding hydrogens is 312 g/mol. The van der Waals surface area contributed by atoms with Crippen LogP contribution in [-0.2, 0) is 0 Å². The Morgan fingerprint density at radius 1 is 1.09 bits per heavy atom. The fraction of sp³-hybridized carbons (Fsp3) is 0.500. The first-order valence-electron chi connectivity index (χ1n) is 6.65. The van der Waals surface area contributed by atoms with Crippen molar-refractivity contribution in [3.8, 4) is 5.75 Å². The van der Waals surface area contributed by atoms with Crippen LogP contribution >= 0.6 is 0 Å². The van der Waals surface area contributed by atoms with Crippen LogP contribution in [0.3, 0.4) is 0 Å². The van der Waals surface area contributed by atoms with E-state index in [-0.39, 0.29) is 0 Å². The molecule has 1 atom stereocenters. The Labute approximate surface area is 131 Å². The summed E-state index contributed by atoms with van der Waals surface area (Å²) in [5.41, 5.74) is 2.36. The molecule has 0 amide bonds. The Hall–Kier alpha value is -2.82. The lowest BCUT2D eigenvalue weighted by atomic mass is 10.1. The molecule has 0 heterocycles. The molecule has 0 aromatic heterocycles. The molecule has 128 valence electrons. The van der Waals surface area contributed by atoms with Crippen LogP contribution in [0.25, 0.3) is 0 Å². The quantitative estimate of drug-likeness (QED) is 0.590. The number of aromatic hydroxyl groups is 1. The molecule has 1 rings (SSSR count). The van der Waals surface area contributed by atoms with Crippen molar-refractivity contribution < 1.29 is 19.9 Å². The molecule has 0 saturated heterocycles. The average molecular weight is 330 g/mol. The Morgan fingerprint density at radius 3 is 1.74 bits per heavy atom. The van der Waals surface area contributed by atoms with Gasteiger partial charge in [0.05, 0.1) is 26.9 Å². The predicted molar refractivity (Wildman–Crippen MR) is 81.2 cm³/mol. The number of nitro groups is 3. The van der Waals surface area contributed by atoms with Gasteiger partial charge in [0.2, 0.25) is 0 Å². The molecule has 11 heteroatoms. The summed E-state index contributed by atoms with van der Waals surface area (Å²) in [7, 11) is 0. The van der Waals surface area contributed by atoms with Gasteiger partial charge in [-0.1, -0.05) is 20.3 Å². The molecule has 0 spiro atoms. The van der Waals surface area contributed by atoms with E-state index < -0.39 is 37.6 Å². The van der Waals surface area contributed by atoms with Crippen molar-refractivity contribution in [2.75, 3.05) is 6.54 Å². The highest BCUT2D eigenvalue weighted by atomic mass is 16.6. The lowest BCUT2D eigenvalue weighted by molar-refractivity contribution is -0.404. The van der Waals surface area contributed by atoms with Crippen LogP contribution in [0.2, 0.25) is 0 Å². The molecule has 23 heavy (non-hydrogen) atoms. The SMILES string of the molecule is CCCC(C)CN.O=[N+]([O-])c1cc([N+](=O)[O-])c(O)c([N+](=O)[O-])c1. The zero-order valence-electron chi connectivity index (χ0n) is 12.7. The monoisotopic (exact) mass is 330 g/mol. The minimum atomic E-state index is -1.21. The summed E-state index contributed by atoms with van der Waals surface area (Å²) in [5.74, 6) is -0.481. The third kappa shape index (κ3) is 6.22. The van der Waals surface area contributed by atoms with E-state index in [2.05, 4.69) is 13.8 Å². The minimum absolute atomic E-state index is 0.447. The van der Waals surface area contributed by atoms with E-state index in [0.717, 1.165) is 12.5 Å². The molecule has 0 fully saturated rings. The van der Waals surface area contributed by atoms with Gasteiger partial charge in [-0.3, -0.25) is 30.3 Å². The van der Waals surface area contributed by atoms with E-state index in [9.17, 15) is 30.3 Å². The van der Waals surface area contributed by atoms with Gasteiger partial charge in [0.1, 0.15) is 0 Å². The summed E-state index contributed by atoms with van der Waals surface area (Å²) < 4.78 is 0. The molecule has 1 aromatic carbocycles. The van der Waals surface area contributed by atoms with Gasteiger partial charge in [0.15, 0.2) is 0 Å². The molecule has 0 bridgehead atoms. The Balaban J connectivity index is 0.000000585. The third-order valence-corrected chi connectivity index (χ3v) is 2.84. The van der Waals surface area contributed by atoms with Gasteiger partial charge < -0.3 is 10.8 Å². The third-order valence-electron chi connectivity index (χ3n) is 2.84. The van der Waals surface area contributed by atoms with Crippen LogP contribution in [0, 0.1) is 36.3 Å². The number of non-ortho nitro benzene ring substituents is 1. The zero-order chi connectivity index (χ0) is 18.2. The van der Waals surface area contributed by atoms with Gasteiger partial charge in [-0.2, -0.15) is 0 Å². The van der Waals surface area contributed by atoms with E-state index in [4.69, 9.17) is 10.8 Å². The Morgan fingerprint density at radius 2 is 1.52 bits per heavy atom. The number of benzene rings is 1. The minimum Gasteiger partial charge on any atom is -0.497 e. The van der Waals surface area contributed by atoms with Crippen LogP contribution in [0.5, 0.6) is 5.75 Å². The fourth-order valence-corrected chi connectivity index (χ4v) is 1.58. The lowest BCUT2D eigenvalue weighted by Gasteiger charge is -2.02. The first-order chi connectivity index (χ1) is 10.6. The van der Waals surface area contributed by atoms with Crippen molar-refractivity contribution >= 4 is 17.1 Å². The molecule has 1 aromatic rings. The van der Waals surface area contributed by atoms with Crippen LogP contribution < -0.4 is 5.73 Å². The number of nitrogens with zero attached hydrogens (tertiary/aromatic N) is 3. The summed E-state index contributed by atoms with van der Waals surface area (Å²) >= 11 is 0. The smallest absolute Gasteiger partial charge is 0.324 e. The normalized spacial score (nSPS) is 11.1. The number of phenols is 1. The van der Waals surface area contributed by atoms with Crippen molar-refractivity contribution in [3.05, 3.63) is 42.5 Å². The summed E-state index contributed by atoms with van der Waals surface area (Å²) in [5, 5.41) is 40.2. The molecule has 1 unspecified atom stereocenters. The Kier molecular flexibility index (Phi) is 8.12. The van der Waals surface area contributed by atoms with Crippen LogP contribution in [0.4, 0.5) is 17.1 Å². The van der Waals surface area contributed by atoms with E-state index in [1.165, 1.54) is 12.8 Å². The van der Waals surface area contributed by atoms with E-state index in [1.54, 1.807) is 0 Å². The Bertz CT molecular complexity index is 556. The van der Waals surface area contributed by atoms with Gasteiger partial charge in [-0.05, 0) is 18.9 Å². The van der Waals surface area contributed by atoms with E-state index >= 15 is 0 Å². The fourth-order valence-electron chi connectivity index (χ4n) is 1.58. The zero-order valence-corrected chi connectivity index (χ0v) is 12.7. The number of nitrogens with two attached hydrogens (primary N) is 1. The van der Waals surface area contributed by atoms with Crippen molar-refractivity contribution in [2.24, 2.45) is 11.7 Å². The predicted octanol–water partition coefficient (Wildman–Crippen LogP) is 2.50. The average Bonchev–Trinajstić information content (AvgIpc) is 2.47. The summed E-state index contributed by atoms with van der Waals surface area (Å²) in [6.07, 6.45) is 2.54. The topological polar surface area (TPSA) is 176 Å². The van der Waals surface area contributed by atoms with Crippen molar-refractivity contribution in [3.63, 3.8) is 0 Å². The summed E-state index contributed by atoms with van der Waals surface area (Å²) in [4.78, 5) is 27.8. The molecule has 0 radical (unpaired) electrons. The number of hydrogen-bond donors (Lipinski definition) is 2. The van der Waals surface area contributed by atoms with Gasteiger partial charge in [0.25, 0.3) is 11.4 Å². The molecular formula is C12H18N4O7. The van der Waals surface area contributed by atoms with Crippen molar-refractivity contribution in [1.29, 1.82) is 0 Å². The largest absolute Gasteiger partial charge is 0.497 e. The second-order valence-corrected chi connectivity index (χ2v) is 4.73. The molecule has 0 aliphatic rings. The van der Waals surface area contributed by atoms with Crippen molar-refractivity contribution in [1.82, 2.24) is 0 Å². The highest BCUT2D eigenvalue weighted by molar-refractivity contribution is 5.64. The summed E-state index contributed by atoms with van der Waals surface area (Å²) in [6.45, 7) is 5.21. The van der Waals surface area contributed by atoms with Gasteiger partial charge >= 0.3 is 11.4 Å². The van der Waals surface area contributed by atoms with Gasteiger partial charge in [-0.15, -0.1) is 0 Å². The molecule has 3 N–H and O–H groups in total. The van der Waals surface area contributed by atoms with Crippen molar-refractivity contribution in [2.45, 2.75) is 26.7 Å². The molecule has 0 aliphatic heterocycles. The number of rotatable bonds is 6. The molecule has 0 aliphatic carbocycles.